The Kier molecular flexibility index (Phi) is 4.66. The maximum atomic E-state index is 8.92. The maximum absolute atomic E-state index is 8.92. The van der Waals surface area contributed by atoms with Crippen LogP contribution in [0, 0.1) is 5.92 Å². The van der Waals surface area contributed by atoms with Crippen molar-refractivity contribution in [1.82, 2.24) is 4.90 Å². The topological polar surface area (TPSA) is 58.7 Å². The summed E-state index contributed by atoms with van der Waals surface area (Å²) in [6.07, 6.45) is -0.00118. The van der Waals surface area contributed by atoms with E-state index in [-0.39, 0.29) is 12.7 Å². The van der Waals surface area contributed by atoms with Gasteiger partial charge in [0.05, 0.1) is 19.3 Å². The molecule has 1 aliphatic rings. The predicted octanol–water partition coefficient (Wildman–Crippen LogP) is -0.726. The van der Waals surface area contributed by atoms with Gasteiger partial charge in [-0.25, -0.2) is 0 Å². The molecule has 4 heteroatoms. The second kappa shape index (κ2) is 5.54. The molecule has 3 N–H and O–H groups in total. The minimum Gasteiger partial charge on any atom is -0.394 e. The van der Waals surface area contributed by atoms with Gasteiger partial charge in [0.15, 0.2) is 0 Å². The van der Waals surface area contributed by atoms with Crippen molar-refractivity contribution in [3.05, 3.63) is 0 Å². The van der Waals surface area contributed by atoms with E-state index >= 15 is 0 Å². The molecule has 0 aromatic rings. The Labute approximate surface area is 79.7 Å². The average Bonchev–Trinajstić information content (AvgIpc) is 2.18. The summed E-state index contributed by atoms with van der Waals surface area (Å²) in [7, 11) is 0. The van der Waals surface area contributed by atoms with E-state index < -0.39 is 0 Å². The summed E-state index contributed by atoms with van der Waals surface area (Å²) in [6.45, 7) is 6.51. The maximum Gasteiger partial charge on any atom is 0.0932 e. The van der Waals surface area contributed by atoms with Crippen LogP contribution in [0.2, 0.25) is 0 Å². The van der Waals surface area contributed by atoms with Crippen molar-refractivity contribution in [2.45, 2.75) is 13.0 Å². The van der Waals surface area contributed by atoms with E-state index in [1.165, 1.54) is 0 Å². The molecule has 4 nitrogen and oxygen atoms in total. The molecule has 2 unspecified atom stereocenters. The van der Waals surface area contributed by atoms with Crippen LogP contribution in [0.5, 0.6) is 0 Å². The van der Waals surface area contributed by atoms with Gasteiger partial charge in [0.25, 0.3) is 0 Å². The zero-order valence-electron chi connectivity index (χ0n) is 8.28. The van der Waals surface area contributed by atoms with Gasteiger partial charge < -0.3 is 15.6 Å². The predicted molar refractivity (Wildman–Crippen MR) is 51.5 cm³/mol. The standard InChI is InChI=1S/C9H20N2O2/c1-8(4-10)5-11-2-3-13-9(6-11)7-12/h8-9,12H,2-7,10H2,1H3. The Bertz CT molecular complexity index is 142. The fraction of sp³-hybridized carbons (Fsp3) is 1.00. The molecule has 0 bridgehead atoms. The number of hydrogen-bond donors (Lipinski definition) is 2. The normalized spacial score (nSPS) is 27.5. The second-order valence-electron chi connectivity index (χ2n) is 3.78. The molecule has 1 saturated heterocycles. The lowest BCUT2D eigenvalue weighted by Gasteiger charge is -2.33. The first-order chi connectivity index (χ1) is 6.26. The highest BCUT2D eigenvalue weighted by molar-refractivity contribution is 4.72. The van der Waals surface area contributed by atoms with Gasteiger partial charge in [-0.05, 0) is 12.5 Å². The summed E-state index contributed by atoms with van der Waals surface area (Å²) in [6, 6.07) is 0. The molecule has 0 amide bonds. The van der Waals surface area contributed by atoms with Crippen LogP contribution in [-0.4, -0.2) is 55.5 Å². The first-order valence-corrected chi connectivity index (χ1v) is 4.91. The summed E-state index contributed by atoms with van der Waals surface area (Å²) in [4.78, 5) is 2.31. The summed E-state index contributed by atoms with van der Waals surface area (Å²) in [5.41, 5.74) is 5.55. The van der Waals surface area contributed by atoms with E-state index in [2.05, 4.69) is 11.8 Å². The fourth-order valence-corrected chi connectivity index (χ4v) is 1.57. The van der Waals surface area contributed by atoms with Gasteiger partial charge in [0, 0.05) is 19.6 Å². The Morgan fingerprint density at radius 2 is 2.46 bits per heavy atom. The third kappa shape index (κ3) is 3.60. The summed E-state index contributed by atoms with van der Waals surface area (Å²) in [5.74, 6) is 0.525. The van der Waals surface area contributed by atoms with Crippen LogP contribution >= 0.6 is 0 Å². The average molecular weight is 188 g/mol. The molecule has 13 heavy (non-hydrogen) atoms. The Morgan fingerprint density at radius 1 is 1.69 bits per heavy atom. The first-order valence-electron chi connectivity index (χ1n) is 4.91. The van der Waals surface area contributed by atoms with Gasteiger partial charge in [0.1, 0.15) is 0 Å². The molecule has 1 rings (SSSR count). The van der Waals surface area contributed by atoms with Crippen molar-refractivity contribution in [2.24, 2.45) is 11.7 Å². The largest absolute Gasteiger partial charge is 0.394 e. The number of hydrogen-bond acceptors (Lipinski definition) is 4. The highest BCUT2D eigenvalue weighted by Gasteiger charge is 2.20. The number of nitrogens with zero attached hydrogens (tertiary/aromatic N) is 1. The van der Waals surface area contributed by atoms with Crippen molar-refractivity contribution in [3.8, 4) is 0 Å². The molecule has 0 radical (unpaired) electrons. The molecule has 1 fully saturated rings. The van der Waals surface area contributed by atoms with Crippen molar-refractivity contribution in [1.29, 1.82) is 0 Å². The van der Waals surface area contributed by atoms with Crippen molar-refractivity contribution in [2.75, 3.05) is 39.4 Å². The Morgan fingerprint density at radius 3 is 3.08 bits per heavy atom. The van der Waals surface area contributed by atoms with Crippen LogP contribution < -0.4 is 5.73 Å². The van der Waals surface area contributed by atoms with Crippen LogP contribution in [0.4, 0.5) is 0 Å². The highest BCUT2D eigenvalue weighted by atomic mass is 16.5. The first kappa shape index (κ1) is 10.9. The van der Waals surface area contributed by atoms with E-state index in [0.29, 0.717) is 5.92 Å². The van der Waals surface area contributed by atoms with Crippen LogP contribution in [0.3, 0.4) is 0 Å². The zero-order valence-corrected chi connectivity index (χ0v) is 8.28. The van der Waals surface area contributed by atoms with E-state index in [9.17, 15) is 0 Å². The molecule has 0 aromatic heterocycles. The fourth-order valence-electron chi connectivity index (χ4n) is 1.57. The van der Waals surface area contributed by atoms with Crippen molar-refractivity contribution in [3.63, 3.8) is 0 Å². The zero-order chi connectivity index (χ0) is 9.68. The molecule has 2 atom stereocenters. The summed E-state index contributed by atoms with van der Waals surface area (Å²) in [5, 5.41) is 8.92. The highest BCUT2D eigenvalue weighted by Crippen LogP contribution is 2.06. The third-order valence-electron chi connectivity index (χ3n) is 2.40. The third-order valence-corrected chi connectivity index (χ3v) is 2.40. The van der Waals surface area contributed by atoms with E-state index in [1.807, 2.05) is 0 Å². The molecular weight excluding hydrogens is 168 g/mol. The minimum absolute atomic E-state index is 0.00118. The van der Waals surface area contributed by atoms with Crippen LogP contribution in [-0.2, 0) is 4.74 Å². The van der Waals surface area contributed by atoms with Crippen LogP contribution in [0.25, 0.3) is 0 Å². The number of aliphatic hydroxyl groups excluding tert-OH is 1. The van der Waals surface area contributed by atoms with Gasteiger partial charge in [-0.3, -0.25) is 4.90 Å². The lowest BCUT2D eigenvalue weighted by atomic mass is 10.1. The molecule has 0 aromatic carbocycles. The van der Waals surface area contributed by atoms with Crippen molar-refractivity contribution < 1.29 is 9.84 Å². The quantitative estimate of drug-likeness (QED) is 0.611. The van der Waals surface area contributed by atoms with Crippen LogP contribution in [0.15, 0.2) is 0 Å². The molecule has 0 aliphatic carbocycles. The van der Waals surface area contributed by atoms with E-state index in [1.54, 1.807) is 0 Å². The molecule has 1 heterocycles. The molecule has 0 saturated carbocycles. The van der Waals surface area contributed by atoms with Gasteiger partial charge in [-0.2, -0.15) is 0 Å². The lowest BCUT2D eigenvalue weighted by molar-refractivity contribution is -0.0553. The summed E-state index contributed by atoms with van der Waals surface area (Å²) >= 11 is 0. The number of ether oxygens (including phenoxy) is 1. The number of morpholine rings is 1. The number of aliphatic hydroxyl groups is 1. The van der Waals surface area contributed by atoms with Gasteiger partial charge >= 0.3 is 0 Å². The second-order valence-corrected chi connectivity index (χ2v) is 3.78. The monoisotopic (exact) mass is 188 g/mol. The molecular formula is C9H20N2O2. The number of rotatable bonds is 4. The van der Waals surface area contributed by atoms with Crippen LogP contribution in [0.1, 0.15) is 6.92 Å². The van der Waals surface area contributed by atoms with Gasteiger partial charge in [0.2, 0.25) is 0 Å². The smallest absolute Gasteiger partial charge is 0.0932 e. The Hall–Kier alpha value is -0.160. The summed E-state index contributed by atoms with van der Waals surface area (Å²) < 4.78 is 5.35. The lowest BCUT2D eigenvalue weighted by Crippen LogP contribution is -2.46. The SMILES string of the molecule is CC(CN)CN1CCOC(CO)C1. The Balaban J connectivity index is 2.25. The molecule has 1 aliphatic heterocycles. The van der Waals surface area contributed by atoms with Crippen molar-refractivity contribution >= 4 is 0 Å². The van der Waals surface area contributed by atoms with E-state index in [0.717, 1.165) is 32.8 Å². The minimum atomic E-state index is -0.00118. The molecule has 0 spiro atoms. The van der Waals surface area contributed by atoms with Gasteiger partial charge in [-0.1, -0.05) is 6.92 Å². The number of nitrogens with two attached hydrogens (primary N) is 1. The van der Waals surface area contributed by atoms with Gasteiger partial charge in [-0.15, -0.1) is 0 Å². The van der Waals surface area contributed by atoms with E-state index in [4.69, 9.17) is 15.6 Å². The molecule has 78 valence electrons.